The Kier molecular flexibility index (Phi) is 6.14. The molecule has 0 spiro atoms. The van der Waals surface area contributed by atoms with E-state index in [9.17, 15) is 27.2 Å². The molecule has 0 radical (unpaired) electrons. The first-order chi connectivity index (χ1) is 10.3. The molecule has 122 valence electrons. The number of primary amides is 1. The summed E-state index contributed by atoms with van der Waals surface area (Å²) >= 11 is 0. The summed E-state index contributed by atoms with van der Waals surface area (Å²) in [6.45, 7) is 1.55. The summed E-state index contributed by atoms with van der Waals surface area (Å²) in [7, 11) is 0. The molecule has 2 unspecified atom stereocenters. The largest absolute Gasteiger partial charge is 0.410 e. The molecule has 0 bridgehead atoms. The number of carbonyl (C=O) groups is 2. The second kappa shape index (κ2) is 7.62. The SMILES string of the molecule is CCC(C(=O)NC(F)C(F)F)c1ccc(OC(N)=O)c(F)c1. The van der Waals surface area contributed by atoms with Crippen LogP contribution in [0.5, 0.6) is 5.75 Å². The van der Waals surface area contributed by atoms with Crippen LogP contribution in [-0.4, -0.2) is 24.7 Å². The van der Waals surface area contributed by atoms with E-state index < -0.39 is 42.2 Å². The lowest BCUT2D eigenvalue weighted by molar-refractivity contribution is -0.126. The van der Waals surface area contributed by atoms with Gasteiger partial charge in [-0.05, 0) is 24.1 Å². The highest BCUT2D eigenvalue weighted by molar-refractivity contribution is 5.83. The Morgan fingerprint density at radius 2 is 1.95 bits per heavy atom. The molecular formula is C13H14F4N2O3. The first kappa shape index (κ1) is 17.7. The molecule has 2 atom stereocenters. The monoisotopic (exact) mass is 322 g/mol. The van der Waals surface area contributed by atoms with Crippen molar-refractivity contribution in [2.45, 2.75) is 32.0 Å². The minimum Gasteiger partial charge on any atom is -0.407 e. The molecular weight excluding hydrogens is 308 g/mol. The fraction of sp³-hybridized carbons (Fsp3) is 0.385. The lowest BCUT2D eigenvalue weighted by Crippen LogP contribution is -2.39. The minimum absolute atomic E-state index is 0.121. The van der Waals surface area contributed by atoms with Crippen LogP contribution in [0.15, 0.2) is 18.2 Å². The van der Waals surface area contributed by atoms with Crippen molar-refractivity contribution in [3.05, 3.63) is 29.6 Å². The van der Waals surface area contributed by atoms with Crippen molar-refractivity contribution in [1.29, 1.82) is 0 Å². The number of rotatable bonds is 6. The highest BCUT2D eigenvalue weighted by atomic mass is 19.3. The van der Waals surface area contributed by atoms with Gasteiger partial charge in [0.2, 0.25) is 12.2 Å². The molecule has 0 aliphatic heterocycles. The smallest absolute Gasteiger partial charge is 0.407 e. The summed E-state index contributed by atoms with van der Waals surface area (Å²) in [6.07, 6.45) is -7.25. The molecule has 0 fully saturated rings. The van der Waals surface area contributed by atoms with E-state index in [1.807, 2.05) is 0 Å². The average Bonchev–Trinajstić information content (AvgIpc) is 2.41. The summed E-state index contributed by atoms with van der Waals surface area (Å²) in [4.78, 5) is 22.3. The number of alkyl halides is 3. The van der Waals surface area contributed by atoms with Gasteiger partial charge in [-0.2, -0.15) is 0 Å². The van der Waals surface area contributed by atoms with Crippen LogP contribution in [0.4, 0.5) is 22.4 Å². The maximum absolute atomic E-state index is 13.7. The minimum atomic E-state index is -3.36. The third kappa shape index (κ3) is 4.61. The van der Waals surface area contributed by atoms with E-state index >= 15 is 0 Å². The van der Waals surface area contributed by atoms with Gasteiger partial charge in [-0.15, -0.1) is 0 Å². The van der Waals surface area contributed by atoms with Gasteiger partial charge >= 0.3 is 6.09 Å². The Labute approximate surface area is 123 Å². The number of hydrogen-bond acceptors (Lipinski definition) is 3. The van der Waals surface area contributed by atoms with Gasteiger partial charge in [0.1, 0.15) is 0 Å². The first-order valence-electron chi connectivity index (χ1n) is 6.25. The quantitative estimate of drug-likeness (QED) is 0.623. The lowest BCUT2D eigenvalue weighted by atomic mass is 9.95. The molecule has 0 saturated carbocycles. The zero-order valence-corrected chi connectivity index (χ0v) is 11.5. The fourth-order valence-electron chi connectivity index (χ4n) is 1.80. The van der Waals surface area contributed by atoms with Crippen LogP contribution in [0, 0.1) is 5.82 Å². The van der Waals surface area contributed by atoms with Crippen LogP contribution in [0.1, 0.15) is 24.8 Å². The zero-order chi connectivity index (χ0) is 16.9. The van der Waals surface area contributed by atoms with Crippen molar-refractivity contribution in [1.82, 2.24) is 5.32 Å². The fourth-order valence-corrected chi connectivity index (χ4v) is 1.80. The van der Waals surface area contributed by atoms with Gasteiger partial charge in [-0.3, -0.25) is 4.79 Å². The number of halogens is 4. The molecule has 0 heterocycles. The molecule has 2 amide bonds. The third-order valence-electron chi connectivity index (χ3n) is 2.79. The molecule has 1 rings (SSSR count). The van der Waals surface area contributed by atoms with Gasteiger partial charge in [0.15, 0.2) is 11.6 Å². The predicted molar refractivity (Wildman–Crippen MR) is 68.7 cm³/mol. The molecule has 0 aliphatic carbocycles. The highest BCUT2D eigenvalue weighted by Crippen LogP contribution is 2.26. The van der Waals surface area contributed by atoms with Crippen molar-refractivity contribution in [2.75, 3.05) is 0 Å². The van der Waals surface area contributed by atoms with Crippen molar-refractivity contribution in [3.8, 4) is 5.75 Å². The number of benzene rings is 1. The molecule has 3 N–H and O–H groups in total. The van der Waals surface area contributed by atoms with Gasteiger partial charge < -0.3 is 15.8 Å². The van der Waals surface area contributed by atoms with Crippen molar-refractivity contribution in [3.63, 3.8) is 0 Å². The standard InChI is InChI=1S/C13H14F4N2O3/c1-2-7(12(20)19-11(17)10(15)16)6-3-4-9(8(14)5-6)22-13(18)21/h3-5,7,10-11H,2H2,1H3,(H2,18,21)(H,19,20). The van der Waals surface area contributed by atoms with Crippen molar-refractivity contribution >= 4 is 12.0 Å². The normalized spacial score (nSPS) is 13.5. The number of nitrogens with two attached hydrogens (primary N) is 1. The van der Waals surface area contributed by atoms with Crippen LogP contribution in [0.25, 0.3) is 0 Å². The molecule has 1 aromatic carbocycles. The molecule has 22 heavy (non-hydrogen) atoms. The lowest BCUT2D eigenvalue weighted by Gasteiger charge is -2.18. The third-order valence-corrected chi connectivity index (χ3v) is 2.79. The highest BCUT2D eigenvalue weighted by Gasteiger charge is 2.27. The van der Waals surface area contributed by atoms with Crippen LogP contribution in [0.3, 0.4) is 0 Å². The molecule has 1 aromatic rings. The average molecular weight is 322 g/mol. The molecule has 0 aromatic heterocycles. The van der Waals surface area contributed by atoms with E-state index in [0.717, 1.165) is 12.1 Å². The van der Waals surface area contributed by atoms with Crippen LogP contribution < -0.4 is 15.8 Å². The van der Waals surface area contributed by atoms with Crippen molar-refractivity contribution in [2.24, 2.45) is 5.73 Å². The van der Waals surface area contributed by atoms with E-state index in [4.69, 9.17) is 5.73 Å². The Hall–Kier alpha value is -2.32. The van der Waals surface area contributed by atoms with Gasteiger partial charge in [-0.1, -0.05) is 13.0 Å². The number of carbonyl (C=O) groups excluding carboxylic acids is 2. The van der Waals surface area contributed by atoms with E-state index in [1.54, 1.807) is 6.92 Å². The summed E-state index contributed by atoms with van der Waals surface area (Å²) < 4.78 is 55.1. The van der Waals surface area contributed by atoms with Gasteiger partial charge in [0, 0.05) is 0 Å². The van der Waals surface area contributed by atoms with Crippen LogP contribution in [-0.2, 0) is 4.79 Å². The number of nitrogens with one attached hydrogen (secondary N) is 1. The molecule has 0 aliphatic rings. The first-order valence-corrected chi connectivity index (χ1v) is 6.25. The van der Waals surface area contributed by atoms with Gasteiger partial charge in [0.25, 0.3) is 6.43 Å². The Morgan fingerprint density at radius 3 is 2.41 bits per heavy atom. The Balaban J connectivity index is 2.93. The topological polar surface area (TPSA) is 81.4 Å². The second-order valence-electron chi connectivity index (χ2n) is 4.32. The van der Waals surface area contributed by atoms with E-state index in [1.165, 1.54) is 11.4 Å². The summed E-state index contributed by atoms with van der Waals surface area (Å²) in [5, 5.41) is 1.51. The van der Waals surface area contributed by atoms with E-state index in [0.29, 0.717) is 0 Å². The van der Waals surface area contributed by atoms with Gasteiger partial charge in [0.05, 0.1) is 5.92 Å². The second-order valence-corrected chi connectivity index (χ2v) is 4.32. The van der Waals surface area contributed by atoms with Crippen molar-refractivity contribution < 1.29 is 31.9 Å². The number of amides is 2. The van der Waals surface area contributed by atoms with Gasteiger partial charge in [-0.25, -0.2) is 22.4 Å². The van der Waals surface area contributed by atoms with E-state index in [2.05, 4.69) is 4.74 Å². The molecule has 0 saturated heterocycles. The summed E-state index contributed by atoms with van der Waals surface area (Å²) in [5.74, 6) is -3.44. The number of hydrogen-bond donors (Lipinski definition) is 2. The maximum atomic E-state index is 13.7. The summed E-state index contributed by atoms with van der Waals surface area (Å²) in [6, 6.07) is 3.21. The van der Waals surface area contributed by atoms with Crippen LogP contribution >= 0.6 is 0 Å². The molecule has 9 heteroatoms. The predicted octanol–water partition coefficient (Wildman–Crippen LogP) is 2.45. The maximum Gasteiger partial charge on any atom is 0.410 e. The summed E-state index contributed by atoms with van der Waals surface area (Å²) in [5.41, 5.74) is 4.87. The van der Waals surface area contributed by atoms with E-state index in [-0.39, 0.29) is 12.0 Å². The van der Waals surface area contributed by atoms with Crippen LogP contribution in [0.2, 0.25) is 0 Å². The zero-order valence-electron chi connectivity index (χ0n) is 11.5. The Bertz CT molecular complexity index is 554. The Morgan fingerprint density at radius 1 is 1.32 bits per heavy atom. The molecule has 5 nitrogen and oxygen atoms in total. The number of ether oxygens (including phenoxy) is 1.